The summed E-state index contributed by atoms with van der Waals surface area (Å²) in [4.78, 5) is 0. The number of hydrogen-bond acceptors (Lipinski definition) is 1. The van der Waals surface area contributed by atoms with Crippen LogP contribution in [0.15, 0.2) is 84.1 Å². The van der Waals surface area contributed by atoms with E-state index in [-0.39, 0.29) is 0 Å². The summed E-state index contributed by atoms with van der Waals surface area (Å²) in [6.45, 7) is 0. The van der Waals surface area contributed by atoms with E-state index in [9.17, 15) is 0 Å². The van der Waals surface area contributed by atoms with Crippen LogP contribution in [0.4, 0.5) is 5.69 Å². The zero-order valence-electron chi connectivity index (χ0n) is 11.6. The van der Waals surface area contributed by atoms with Crippen molar-refractivity contribution in [2.45, 2.75) is 5.92 Å². The molecular weight excluding hydrogens is 254 g/mol. The van der Waals surface area contributed by atoms with Crippen molar-refractivity contribution in [3.63, 3.8) is 0 Å². The highest BCUT2D eigenvalue weighted by Gasteiger charge is 2.37. The maximum atomic E-state index is 3.62. The van der Waals surface area contributed by atoms with Crippen molar-refractivity contribution in [3.8, 4) is 0 Å². The topological polar surface area (TPSA) is 12.0 Å². The average Bonchev–Trinajstić information content (AvgIpc) is 2.94. The molecule has 0 saturated carbocycles. The van der Waals surface area contributed by atoms with Crippen LogP contribution in [0, 0.1) is 5.92 Å². The zero-order valence-corrected chi connectivity index (χ0v) is 11.6. The highest BCUT2D eigenvalue weighted by atomic mass is 14.9. The van der Waals surface area contributed by atoms with Crippen molar-refractivity contribution in [2.24, 2.45) is 5.92 Å². The Labute approximate surface area is 124 Å². The predicted octanol–water partition coefficient (Wildman–Crippen LogP) is 4.92. The molecule has 2 aromatic rings. The van der Waals surface area contributed by atoms with Gasteiger partial charge < -0.3 is 5.32 Å². The largest absolute Gasteiger partial charge is 0.358 e. The van der Waals surface area contributed by atoms with Gasteiger partial charge in [0.05, 0.1) is 0 Å². The van der Waals surface area contributed by atoms with Gasteiger partial charge in [-0.3, -0.25) is 0 Å². The molecule has 2 aromatic carbocycles. The lowest BCUT2D eigenvalue weighted by Gasteiger charge is -2.28. The van der Waals surface area contributed by atoms with Crippen molar-refractivity contribution in [2.75, 3.05) is 5.32 Å². The van der Waals surface area contributed by atoms with Crippen molar-refractivity contribution in [3.05, 3.63) is 89.7 Å². The molecule has 1 N–H and O–H groups in total. The lowest BCUT2D eigenvalue weighted by molar-refractivity contribution is 0.662. The van der Waals surface area contributed by atoms with Gasteiger partial charge in [0.15, 0.2) is 0 Å². The molecule has 1 aliphatic heterocycles. The predicted molar refractivity (Wildman–Crippen MR) is 88.2 cm³/mol. The van der Waals surface area contributed by atoms with Gasteiger partial charge in [0.2, 0.25) is 0 Å². The van der Waals surface area contributed by atoms with E-state index in [1.54, 1.807) is 0 Å². The van der Waals surface area contributed by atoms with Crippen LogP contribution in [0.3, 0.4) is 0 Å². The molecule has 21 heavy (non-hydrogen) atoms. The summed E-state index contributed by atoms with van der Waals surface area (Å²) < 4.78 is 0. The molecule has 3 aliphatic rings. The molecule has 0 bridgehead atoms. The van der Waals surface area contributed by atoms with Crippen LogP contribution in [0.1, 0.15) is 11.5 Å². The van der Waals surface area contributed by atoms with Gasteiger partial charge in [-0.1, -0.05) is 60.7 Å². The van der Waals surface area contributed by atoms with Crippen LogP contribution in [0.2, 0.25) is 0 Å². The normalized spacial score (nSPS) is 24.8. The van der Waals surface area contributed by atoms with Gasteiger partial charge in [-0.05, 0) is 34.1 Å². The Morgan fingerprint density at radius 1 is 0.905 bits per heavy atom. The van der Waals surface area contributed by atoms with Crippen molar-refractivity contribution in [1.82, 2.24) is 0 Å². The minimum Gasteiger partial charge on any atom is -0.358 e. The van der Waals surface area contributed by atoms with E-state index < -0.39 is 0 Å². The Bertz CT molecular complexity index is 880. The average molecular weight is 269 g/mol. The minimum absolute atomic E-state index is 0.423. The third-order valence-electron chi connectivity index (χ3n) is 4.81. The standard InChI is InChI=1S/C20H15N/c1-3-7-15-13(5-1)9-11-17-19(15)20-16-8-4-2-6-14(16)10-12-18(20)21-17/h1-12,15,19,21H. The van der Waals surface area contributed by atoms with E-state index in [1.807, 2.05) is 0 Å². The SMILES string of the molecule is C1=CC2=CC=C3Nc4ccc5ccccc5c4C3C2C=C1. The number of allylic oxidation sites excluding steroid dienone is 8. The van der Waals surface area contributed by atoms with E-state index in [1.165, 1.54) is 33.3 Å². The van der Waals surface area contributed by atoms with Crippen LogP contribution in [0.5, 0.6) is 0 Å². The molecule has 2 aliphatic carbocycles. The maximum Gasteiger partial charge on any atom is 0.0428 e. The molecule has 5 rings (SSSR count). The quantitative estimate of drug-likeness (QED) is 0.716. The van der Waals surface area contributed by atoms with E-state index in [0.29, 0.717) is 11.8 Å². The van der Waals surface area contributed by atoms with E-state index in [2.05, 4.69) is 78.2 Å². The molecule has 100 valence electrons. The number of nitrogens with one attached hydrogen (secondary N) is 1. The number of hydrogen-bond donors (Lipinski definition) is 1. The van der Waals surface area contributed by atoms with Crippen molar-refractivity contribution in [1.29, 1.82) is 0 Å². The Morgan fingerprint density at radius 2 is 1.86 bits per heavy atom. The Balaban J connectivity index is 1.79. The summed E-state index contributed by atoms with van der Waals surface area (Å²) >= 11 is 0. The number of benzene rings is 2. The first kappa shape index (κ1) is 11.2. The second-order valence-corrected chi connectivity index (χ2v) is 5.91. The monoisotopic (exact) mass is 269 g/mol. The molecule has 0 radical (unpaired) electrons. The molecule has 1 nitrogen and oxygen atoms in total. The fourth-order valence-corrected chi connectivity index (χ4v) is 3.88. The molecule has 0 spiro atoms. The van der Waals surface area contributed by atoms with E-state index in [4.69, 9.17) is 0 Å². The molecule has 0 fully saturated rings. The second kappa shape index (κ2) is 3.98. The summed E-state index contributed by atoms with van der Waals surface area (Å²) in [7, 11) is 0. The van der Waals surface area contributed by atoms with Crippen LogP contribution in [-0.2, 0) is 0 Å². The van der Waals surface area contributed by atoms with Gasteiger partial charge >= 0.3 is 0 Å². The van der Waals surface area contributed by atoms with Crippen LogP contribution >= 0.6 is 0 Å². The summed E-state index contributed by atoms with van der Waals surface area (Å²) in [6, 6.07) is 13.1. The van der Waals surface area contributed by atoms with Gasteiger partial charge in [0.1, 0.15) is 0 Å². The Morgan fingerprint density at radius 3 is 2.86 bits per heavy atom. The zero-order chi connectivity index (χ0) is 13.8. The lowest BCUT2D eigenvalue weighted by atomic mass is 9.75. The molecule has 2 unspecified atom stereocenters. The highest BCUT2D eigenvalue weighted by molar-refractivity contribution is 5.93. The summed E-state index contributed by atoms with van der Waals surface area (Å²) in [6.07, 6.45) is 13.4. The number of rotatable bonds is 0. The number of anilines is 1. The van der Waals surface area contributed by atoms with Crippen molar-refractivity contribution >= 4 is 16.5 Å². The minimum atomic E-state index is 0.423. The lowest BCUT2D eigenvalue weighted by Crippen LogP contribution is -2.17. The summed E-state index contributed by atoms with van der Waals surface area (Å²) in [5, 5.41) is 6.32. The summed E-state index contributed by atoms with van der Waals surface area (Å²) in [5.41, 5.74) is 5.46. The first-order valence-corrected chi connectivity index (χ1v) is 7.47. The summed E-state index contributed by atoms with van der Waals surface area (Å²) in [5.74, 6) is 0.877. The molecule has 0 aromatic heterocycles. The highest BCUT2D eigenvalue weighted by Crippen LogP contribution is 2.51. The fourth-order valence-electron chi connectivity index (χ4n) is 3.88. The first-order valence-electron chi connectivity index (χ1n) is 7.47. The Kier molecular flexibility index (Phi) is 2.12. The second-order valence-electron chi connectivity index (χ2n) is 5.91. The van der Waals surface area contributed by atoms with Gasteiger partial charge in [-0.25, -0.2) is 0 Å². The molecule has 0 saturated heterocycles. The fraction of sp³-hybridized carbons (Fsp3) is 0.100. The third-order valence-corrected chi connectivity index (χ3v) is 4.81. The molecule has 2 atom stereocenters. The van der Waals surface area contributed by atoms with Crippen LogP contribution in [0.25, 0.3) is 10.8 Å². The van der Waals surface area contributed by atoms with Gasteiger partial charge in [0.25, 0.3) is 0 Å². The molecule has 0 amide bonds. The molecular formula is C20H15N. The van der Waals surface area contributed by atoms with Crippen molar-refractivity contribution < 1.29 is 0 Å². The van der Waals surface area contributed by atoms with Crippen LogP contribution in [-0.4, -0.2) is 0 Å². The maximum absolute atomic E-state index is 3.62. The van der Waals surface area contributed by atoms with Gasteiger partial charge in [-0.15, -0.1) is 0 Å². The molecule has 1 heteroatoms. The van der Waals surface area contributed by atoms with E-state index in [0.717, 1.165) is 0 Å². The number of fused-ring (bicyclic) bond motifs is 7. The van der Waals surface area contributed by atoms with Crippen LogP contribution < -0.4 is 5.32 Å². The Hall–Kier alpha value is -2.54. The third kappa shape index (κ3) is 1.46. The smallest absolute Gasteiger partial charge is 0.0428 e. The van der Waals surface area contributed by atoms with Gasteiger partial charge in [0, 0.05) is 23.2 Å². The van der Waals surface area contributed by atoms with Gasteiger partial charge in [-0.2, -0.15) is 0 Å². The first-order chi connectivity index (χ1) is 10.4. The van der Waals surface area contributed by atoms with E-state index >= 15 is 0 Å². The molecule has 1 heterocycles.